The van der Waals surface area contributed by atoms with Crippen LogP contribution in [0.4, 0.5) is 10.6 Å². The van der Waals surface area contributed by atoms with Crippen molar-refractivity contribution in [1.29, 1.82) is 0 Å². The van der Waals surface area contributed by atoms with E-state index in [2.05, 4.69) is 31.1 Å². The average Bonchev–Trinajstić information content (AvgIpc) is 3.07. The van der Waals surface area contributed by atoms with Gasteiger partial charge in [-0.25, -0.2) is 9.48 Å². The molecule has 2 aromatic heterocycles. The highest BCUT2D eigenvalue weighted by atomic mass is 16.2. The molecule has 130 valence electrons. The van der Waals surface area contributed by atoms with Crippen molar-refractivity contribution in [3.63, 3.8) is 0 Å². The zero-order valence-corrected chi connectivity index (χ0v) is 14.3. The Morgan fingerprint density at radius 3 is 2.71 bits per heavy atom. The van der Waals surface area contributed by atoms with Gasteiger partial charge in [-0.15, -0.1) is 5.10 Å². The molecular weight excluding hydrogens is 312 g/mol. The maximum atomic E-state index is 11.9. The predicted octanol–water partition coefficient (Wildman–Crippen LogP) is 0.0704. The molecule has 2 heterocycles. The quantitative estimate of drug-likeness (QED) is 0.690. The number of H-pyrrole nitrogens is 1. The first-order valence-electron chi connectivity index (χ1n) is 7.52. The van der Waals surface area contributed by atoms with Gasteiger partial charge in [-0.1, -0.05) is 5.21 Å². The molecule has 2 rings (SSSR count). The summed E-state index contributed by atoms with van der Waals surface area (Å²) in [5, 5.41) is 20.0. The van der Waals surface area contributed by atoms with E-state index >= 15 is 0 Å². The van der Waals surface area contributed by atoms with Crippen LogP contribution in [-0.2, 0) is 17.8 Å². The molecule has 3 amide bonds. The Balaban J connectivity index is 1.78. The molecule has 0 unspecified atom stereocenters. The van der Waals surface area contributed by atoms with Gasteiger partial charge in [-0.05, 0) is 25.8 Å². The SMILES string of the molecule is Cc1n[nH]c(C)c1CCNC(=O)Cn1cc(NC(=O)N(C)C)nn1. The number of urea groups is 1. The third kappa shape index (κ3) is 4.54. The normalized spacial score (nSPS) is 10.5. The molecular formula is C14H22N8O2. The lowest BCUT2D eigenvalue weighted by atomic mass is 10.1. The molecule has 24 heavy (non-hydrogen) atoms. The minimum atomic E-state index is -0.308. The number of aryl methyl sites for hydroxylation is 2. The highest BCUT2D eigenvalue weighted by Crippen LogP contribution is 2.09. The van der Waals surface area contributed by atoms with Gasteiger partial charge in [0.15, 0.2) is 5.82 Å². The summed E-state index contributed by atoms with van der Waals surface area (Å²) >= 11 is 0. The van der Waals surface area contributed by atoms with E-state index in [0.29, 0.717) is 18.8 Å². The van der Waals surface area contributed by atoms with Crippen LogP contribution in [0.2, 0.25) is 0 Å². The van der Waals surface area contributed by atoms with Crippen LogP contribution in [0.3, 0.4) is 0 Å². The summed E-state index contributed by atoms with van der Waals surface area (Å²) in [4.78, 5) is 24.8. The van der Waals surface area contributed by atoms with E-state index < -0.39 is 0 Å². The Morgan fingerprint density at radius 1 is 1.33 bits per heavy atom. The maximum absolute atomic E-state index is 11.9. The van der Waals surface area contributed by atoms with Gasteiger partial charge in [0.2, 0.25) is 5.91 Å². The van der Waals surface area contributed by atoms with Crippen LogP contribution in [0, 0.1) is 13.8 Å². The lowest BCUT2D eigenvalue weighted by Gasteiger charge is -2.09. The molecule has 0 atom stereocenters. The molecule has 3 N–H and O–H groups in total. The molecule has 0 bridgehead atoms. The van der Waals surface area contributed by atoms with Gasteiger partial charge in [0.25, 0.3) is 0 Å². The summed E-state index contributed by atoms with van der Waals surface area (Å²) < 4.78 is 1.37. The van der Waals surface area contributed by atoms with Gasteiger partial charge in [0, 0.05) is 26.3 Å². The van der Waals surface area contributed by atoms with Gasteiger partial charge >= 0.3 is 6.03 Å². The number of carbonyl (C=O) groups excluding carboxylic acids is 2. The van der Waals surface area contributed by atoms with Crippen molar-refractivity contribution >= 4 is 17.8 Å². The first-order valence-corrected chi connectivity index (χ1v) is 7.52. The second kappa shape index (κ2) is 7.57. The molecule has 0 radical (unpaired) electrons. The van der Waals surface area contributed by atoms with Crippen molar-refractivity contribution in [2.24, 2.45) is 0 Å². The van der Waals surface area contributed by atoms with Crippen LogP contribution in [0.25, 0.3) is 0 Å². The number of nitrogens with one attached hydrogen (secondary N) is 3. The van der Waals surface area contributed by atoms with Crippen LogP contribution in [0.5, 0.6) is 0 Å². The number of amides is 3. The van der Waals surface area contributed by atoms with Gasteiger partial charge in [0.1, 0.15) is 6.54 Å². The number of aromatic amines is 1. The van der Waals surface area contributed by atoms with Crippen molar-refractivity contribution in [1.82, 2.24) is 35.4 Å². The number of nitrogens with zero attached hydrogens (tertiary/aromatic N) is 5. The fourth-order valence-electron chi connectivity index (χ4n) is 2.13. The Labute approximate surface area is 139 Å². The second-order valence-electron chi connectivity index (χ2n) is 5.64. The van der Waals surface area contributed by atoms with Crippen molar-refractivity contribution < 1.29 is 9.59 Å². The van der Waals surface area contributed by atoms with E-state index in [0.717, 1.165) is 17.0 Å². The average molecular weight is 334 g/mol. The van der Waals surface area contributed by atoms with Crippen molar-refractivity contribution in [2.75, 3.05) is 26.0 Å². The molecule has 0 aliphatic carbocycles. The van der Waals surface area contributed by atoms with Crippen LogP contribution in [-0.4, -0.2) is 62.7 Å². The Morgan fingerprint density at radius 2 is 2.08 bits per heavy atom. The topological polar surface area (TPSA) is 121 Å². The number of hydrogen-bond donors (Lipinski definition) is 3. The molecule has 0 saturated carbocycles. The van der Waals surface area contributed by atoms with E-state index in [1.807, 2.05) is 13.8 Å². The number of carbonyl (C=O) groups is 2. The largest absolute Gasteiger partial charge is 0.354 e. The molecule has 0 aliphatic rings. The number of rotatable bonds is 6. The Bertz CT molecular complexity index is 699. The Kier molecular flexibility index (Phi) is 5.51. The number of anilines is 1. The molecule has 10 heteroatoms. The smallest absolute Gasteiger partial charge is 0.322 e. The van der Waals surface area contributed by atoms with Crippen molar-refractivity contribution in [2.45, 2.75) is 26.8 Å². The highest BCUT2D eigenvalue weighted by Gasteiger charge is 2.10. The second-order valence-corrected chi connectivity index (χ2v) is 5.64. The van der Waals surface area contributed by atoms with Crippen molar-refractivity contribution in [3.8, 4) is 0 Å². The minimum absolute atomic E-state index is 0.0359. The summed E-state index contributed by atoms with van der Waals surface area (Å²) in [6.07, 6.45) is 2.22. The number of aromatic nitrogens is 5. The molecule has 0 aliphatic heterocycles. The molecule has 0 saturated heterocycles. The summed E-state index contributed by atoms with van der Waals surface area (Å²) in [5.74, 6) is 0.121. The molecule has 2 aromatic rings. The molecule has 10 nitrogen and oxygen atoms in total. The fraction of sp³-hybridized carbons (Fsp3) is 0.500. The fourth-order valence-corrected chi connectivity index (χ4v) is 2.13. The zero-order chi connectivity index (χ0) is 17.7. The van der Waals surface area contributed by atoms with E-state index in [-0.39, 0.29) is 18.5 Å². The van der Waals surface area contributed by atoms with Gasteiger partial charge in [0.05, 0.1) is 11.9 Å². The molecule has 0 fully saturated rings. The van der Waals surface area contributed by atoms with E-state index in [9.17, 15) is 9.59 Å². The van der Waals surface area contributed by atoms with Crippen LogP contribution >= 0.6 is 0 Å². The summed E-state index contributed by atoms with van der Waals surface area (Å²) in [6, 6.07) is -0.308. The summed E-state index contributed by atoms with van der Waals surface area (Å²) in [6.45, 7) is 4.43. The van der Waals surface area contributed by atoms with Crippen LogP contribution in [0.15, 0.2) is 6.20 Å². The third-order valence-electron chi connectivity index (χ3n) is 3.46. The molecule has 0 spiro atoms. The van der Waals surface area contributed by atoms with E-state index in [1.54, 1.807) is 14.1 Å². The number of hydrogen-bond acceptors (Lipinski definition) is 5. The maximum Gasteiger partial charge on any atom is 0.322 e. The Hall–Kier alpha value is -2.91. The van der Waals surface area contributed by atoms with Gasteiger partial charge in [-0.3, -0.25) is 15.2 Å². The lowest BCUT2D eigenvalue weighted by molar-refractivity contribution is -0.121. The van der Waals surface area contributed by atoms with Crippen LogP contribution in [0.1, 0.15) is 17.0 Å². The van der Waals surface area contributed by atoms with Gasteiger partial charge < -0.3 is 10.2 Å². The van der Waals surface area contributed by atoms with E-state index in [4.69, 9.17) is 0 Å². The lowest BCUT2D eigenvalue weighted by Crippen LogP contribution is -2.29. The third-order valence-corrected chi connectivity index (χ3v) is 3.46. The first-order chi connectivity index (χ1) is 11.4. The predicted molar refractivity (Wildman–Crippen MR) is 87.5 cm³/mol. The zero-order valence-electron chi connectivity index (χ0n) is 14.3. The minimum Gasteiger partial charge on any atom is -0.354 e. The standard InChI is InChI=1S/C14H22N8O2/c1-9-11(10(2)18-17-9)5-6-15-13(23)8-22-7-12(19-20-22)16-14(24)21(3)4/h7H,5-6,8H2,1-4H3,(H,15,23)(H,16,24)(H,17,18). The van der Waals surface area contributed by atoms with Crippen LogP contribution < -0.4 is 10.6 Å². The van der Waals surface area contributed by atoms with Gasteiger partial charge in [-0.2, -0.15) is 5.10 Å². The van der Waals surface area contributed by atoms with E-state index in [1.165, 1.54) is 15.8 Å². The first kappa shape index (κ1) is 17.4. The summed E-state index contributed by atoms with van der Waals surface area (Å²) in [7, 11) is 3.24. The highest BCUT2D eigenvalue weighted by molar-refractivity contribution is 5.87. The monoisotopic (exact) mass is 334 g/mol. The summed E-state index contributed by atoms with van der Waals surface area (Å²) in [5.41, 5.74) is 3.07. The molecule has 0 aromatic carbocycles. The van der Waals surface area contributed by atoms with Crippen molar-refractivity contribution in [3.05, 3.63) is 23.1 Å².